The molecule has 4 rings (SSSR count). The first kappa shape index (κ1) is 21.3. The predicted octanol–water partition coefficient (Wildman–Crippen LogP) is 5.00. The van der Waals surface area contributed by atoms with Crippen LogP contribution in [0.25, 0.3) is 5.69 Å². The minimum atomic E-state index is -3.91. The van der Waals surface area contributed by atoms with Gasteiger partial charge in [0, 0.05) is 7.05 Å². The summed E-state index contributed by atoms with van der Waals surface area (Å²) in [6.45, 7) is 1.89. The number of aryl methyl sites for hydroxylation is 1. The number of aromatic nitrogens is 2. The predicted molar refractivity (Wildman–Crippen MR) is 125 cm³/mol. The van der Waals surface area contributed by atoms with Crippen LogP contribution < -0.4 is 10.0 Å². The molecule has 0 saturated carbocycles. The maximum atomic E-state index is 13.3. The van der Waals surface area contributed by atoms with Crippen LogP contribution in [-0.2, 0) is 10.0 Å². The summed E-state index contributed by atoms with van der Waals surface area (Å²) < 4.78 is 29.2. The highest BCUT2D eigenvalue weighted by Crippen LogP contribution is 2.38. The molecule has 8 nitrogen and oxygen atoms in total. The Morgan fingerprint density at radius 2 is 1.47 bits per heavy atom. The molecule has 0 radical (unpaired) electrons. The van der Waals surface area contributed by atoms with Crippen molar-refractivity contribution < 1.29 is 8.42 Å². The highest BCUT2D eigenvalue weighted by atomic mass is 32.2. The summed E-state index contributed by atoms with van der Waals surface area (Å²) in [7, 11) is -2.48. The molecule has 0 atom stereocenters. The molecule has 4 aromatic rings. The van der Waals surface area contributed by atoms with E-state index in [0.29, 0.717) is 11.4 Å². The standard InChI is InChI=1S/C23H22N6O2S/c1-17-13-15-20(16-14-17)32(30,31)28(2)21-22(24)29(19-11-7-4-8-12-19)27-23(21)26-25-18-9-5-3-6-10-18/h3-16H,24H2,1-2H3. The Balaban J connectivity index is 1.84. The van der Waals surface area contributed by atoms with E-state index in [2.05, 4.69) is 15.3 Å². The van der Waals surface area contributed by atoms with Gasteiger partial charge in [-0.3, -0.25) is 4.31 Å². The molecule has 162 valence electrons. The Labute approximate surface area is 186 Å². The SMILES string of the molecule is Cc1ccc(S(=O)(=O)N(C)c2c(N=Nc3ccccc3)nn(-c3ccccc3)c2N)cc1. The van der Waals surface area contributed by atoms with Gasteiger partial charge in [0.2, 0.25) is 5.82 Å². The van der Waals surface area contributed by atoms with Crippen LogP contribution in [0.1, 0.15) is 5.56 Å². The van der Waals surface area contributed by atoms with Crippen LogP contribution in [-0.4, -0.2) is 25.2 Å². The van der Waals surface area contributed by atoms with E-state index >= 15 is 0 Å². The summed E-state index contributed by atoms with van der Waals surface area (Å²) in [6, 6.07) is 24.9. The first-order valence-corrected chi connectivity index (χ1v) is 11.3. The summed E-state index contributed by atoms with van der Waals surface area (Å²) in [4.78, 5) is 0.142. The van der Waals surface area contributed by atoms with E-state index in [9.17, 15) is 8.42 Å². The van der Waals surface area contributed by atoms with Gasteiger partial charge in [0.05, 0.1) is 16.3 Å². The normalized spacial score (nSPS) is 11.7. The Bertz CT molecular complexity index is 1350. The number of benzene rings is 3. The maximum Gasteiger partial charge on any atom is 0.264 e. The monoisotopic (exact) mass is 446 g/mol. The topological polar surface area (TPSA) is 106 Å². The fourth-order valence-corrected chi connectivity index (χ4v) is 4.35. The van der Waals surface area contributed by atoms with Gasteiger partial charge in [-0.2, -0.15) is 0 Å². The smallest absolute Gasteiger partial charge is 0.264 e. The number of nitrogen functional groups attached to an aromatic ring is 1. The van der Waals surface area contributed by atoms with Crippen LogP contribution in [0.4, 0.5) is 23.0 Å². The summed E-state index contributed by atoms with van der Waals surface area (Å²) in [5, 5.41) is 12.9. The first-order chi connectivity index (χ1) is 15.4. The number of sulfonamides is 1. The lowest BCUT2D eigenvalue weighted by atomic mass is 10.2. The third-order valence-corrected chi connectivity index (χ3v) is 6.66. The quantitative estimate of drug-likeness (QED) is 0.421. The van der Waals surface area contributed by atoms with E-state index in [4.69, 9.17) is 5.73 Å². The maximum absolute atomic E-state index is 13.3. The number of hydrogen-bond donors (Lipinski definition) is 1. The third kappa shape index (κ3) is 4.10. The highest BCUT2D eigenvalue weighted by molar-refractivity contribution is 7.92. The molecule has 0 aliphatic carbocycles. The highest BCUT2D eigenvalue weighted by Gasteiger charge is 2.29. The Hall–Kier alpha value is -3.98. The van der Waals surface area contributed by atoms with E-state index in [1.807, 2.05) is 55.5 Å². The van der Waals surface area contributed by atoms with Crippen LogP contribution in [0.3, 0.4) is 0 Å². The van der Waals surface area contributed by atoms with E-state index in [-0.39, 0.29) is 22.2 Å². The molecule has 0 spiro atoms. The molecule has 3 aromatic carbocycles. The second kappa shape index (κ2) is 8.64. The molecule has 0 aliphatic rings. The fourth-order valence-electron chi connectivity index (χ4n) is 3.13. The number of nitrogens with zero attached hydrogens (tertiary/aromatic N) is 5. The fraction of sp³-hybridized carbons (Fsp3) is 0.0870. The van der Waals surface area contributed by atoms with Crippen LogP contribution in [0, 0.1) is 6.92 Å². The molecule has 0 unspecified atom stereocenters. The van der Waals surface area contributed by atoms with Crippen molar-refractivity contribution in [1.82, 2.24) is 9.78 Å². The molecule has 0 amide bonds. The molecule has 0 bridgehead atoms. The van der Waals surface area contributed by atoms with Crippen LogP contribution in [0.15, 0.2) is 100 Å². The largest absolute Gasteiger partial charge is 0.382 e. The summed E-state index contributed by atoms with van der Waals surface area (Å²) >= 11 is 0. The van der Waals surface area contributed by atoms with Crippen molar-refractivity contribution in [2.75, 3.05) is 17.1 Å². The van der Waals surface area contributed by atoms with Crippen molar-refractivity contribution >= 4 is 33.0 Å². The second-order valence-corrected chi connectivity index (χ2v) is 9.10. The number of para-hydroxylation sites is 1. The first-order valence-electron chi connectivity index (χ1n) is 9.84. The lowest BCUT2D eigenvalue weighted by Crippen LogP contribution is -2.27. The zero-order chi connectivity index (χ0) is 22.7. The van der Waals surface area contributed by atoms with Crippen molar-refractivity contribution in [2.24, 2.45) is 10.2 Å². The van der Waals surface area contributed by atoms with E-state index in [1.54, 1.807) is 36.4 Å². The Morgan fingerprint density at radius 3 is 2.09 bits per heavy atom. The van der Waals surface area contributed by atoms with Crippen molar-refractivity contribution in [1.29, 1.82) is 0 Å². The number of azo groups is 1. The molecular weight excluding hydrogens is 424 g/mol. The summed E-state index contributed by atoms with van der Waals surface area (Å²) in [6.07, 6.45) is 0. The van der Waals surface area contributed by atoms with Crippen LogP contribution in [0.2, 0.25) is 0 Å². The van der Waals surface area contributed by atoms with Gasteiger partial charge in [-0.15, -0.1) is 15.3 Å². The van der Waals surface area contributed by atoms with E-state index in [0.717, 1.165) is 9.87 Å². The molecule has 32 heavy (non-hydrogen) atoms. The van der Waals surface area contributed by atoms with Gasteiger partial charge in [-0.1, -0.05) is 54.1 Å². The number of rotatable bonds is 6. The second-order valence-electron chi connectivity index (χ2n) is 7.13. The van der Waals surface area contributed by atoms with Gasteiger partial charge < -0.3 is 5.73 Å². The van der Waals surface area contributed by atoms with Crippen molar-refractivity contribution in [3.05, 3.63) is 90.5 Å². The number of nitrogens with two attached hydrogens (primary N) is 1. The summed E-state index contributed by atoms with van der Waals surface area (Å²) in [5.74, 6) is 0.227. The third-order valence-electron chi connectivity index (χ3n) is 4.89. The lowest BCUT2D eigenvalue weighted by molar-refractivity contribution is 0.594. The molecular formula is C23H22N6O2S. The molecule has 2 N–H and O–H groups in total. The molecule has 0 saturated heterocycles. The van der Waals surface area contributed by atoms with Gasteiger partial charge in [-0.05, 0) is 43.3 Å². The average molecular weight is 447 g/mol. The van der Waals surface area contributed by atoms with Gasteiger partial charge >= 0.3 is 0 Å². The zero-order valence-electron chi connectivity index (χ0n) is 17.6. The van der Waals surface area contributed by atoms with E-state index < -0.39 is 10.0 Å². The average Bonchev–Trinajstić information content (AvgIpc) is 3.14. The van der Waals surface area contributed by atoms with Crippen molar-refractivity contribution in [3.63, 3.8) is 0 Å². The van der Waals surface area contributed by atoms with E-state index in [1.165, 1.54) is 11.7 Å². The lowest BCUT2D eigenvalue weighted by Gasteiger charge is -2.19. The van der Waals surface area contributed by atoms with Crippen molar-refractivity contribution in [3.8, 4) is 5.69 Å². The van der Waals surface area contributed by atoms with Gasteiger partial charge in [0.15, 0.2) is 5.82 Å². The minimum absolute atomic E-state index is 0.0911. The molecule has 0 fully saturated rings. The minimum Gasteiger partial charge on any atom is -0.382 e. The molecule has 1 aromatic heterocycles. The molecule has 9 heteroatoms. The van der Waals surface area contributed by atoms with Crippen molar-refractivity contribution in [2.45, 2.75) is 11.8 Å². The van der Waals surface area contributed by atoms with Crippen LogP contribution in [0.5, 0.6) is 0 Å². The molecule has 0 aliphatic heterocycles. The van der Waals surface area contributed by atoms with Gasteiger partial charge in [0.25, 0.3) is 10.0 Å². The van der Waals surface area contributed by atoms with Gasteiger partial charge in [0.1, 0.15) is 5.69 Å². The van der Waals surface area contributed by atoms with Gasteiger partial charge in [-0.25, -0.2) is 13.1 Å². The molecule has 1 heterocycles. The zero-order valence-corrected chi connectivity index (χ0v) is 18.4. The Morgan fingerprint density at radius 1 is 0.875 bits per heavy atom. The Kier molecular flexibility index (Phi) is 5.74. The summed E-state index contributed by atoms with van der Waals surface area (Å²) in [5.41, 5.74) is 8.78. The number of anilines is 2. The number of hydrogen-bond acceptors (Lipinski definition) is 6. The van der Waals surface area contributed by atoms with Crippen LogP contribution >= 0.6 is 0 Å².